The second-order valence-electron chi connectivity index (χ2n) is 8.33. The van der Waals surface area contributed by atoms with Gasteiger partial charge in [-0.15, -0.1) is 0 Å². The van der Waals surface area contributed by atoms with Gasteiger partial charge >= 0.3 is 6.18 Å². The number of hydrogen-bond acceptors (Lipinski definition) is 4. The molecule has 32 heavy (non-hydrogen) atoms. The van der Waals surface area contributed by atoms with Gasteiger partial charge in [0, 0.05) is 44.3 Å². The van der Waals surface area contributed by atoms with Crippen LogP contribution in [0.2, 0.25) is 0 Å². The summed E-state index contributed by atoms with van der Waals surface area (Å²) in [4.78, 5) is 21.3. The molecule has 1 saturated heterocycles. The average Bonchev–Trinajstić information content (AvgIpc) is 3.53. The summed E-state index contributed by atoms with van der Waals surface area (Å²) >= 11 is 0. The Morgan fingerprint density at radius 3 is 2.38 bits per heavy atom. The van der Waals surface area contributed by atoms with Crippen molar-refractivity contribution in [3.8, 4) is 0 Å². The van der Waals surface area contributed by atoms with Gasteiger partial charge in [-0.3, -0.25) is 9.69 Å². The molecule has 1 aromatic carbocycles. The Morgan fingerprint density at radius 2 is 1.75 bits per heavy atom. The van der Waals surface area contributed by atoms with Gasteiger partial charge in [0.1, 0.15) is 17.1 Å². The fraction of sp³-hybridized carbons (Fsp3) is 0.409. The summed E-state index contributed by atoms with van der Waals surface area (Å²) in [6.45, 7) is 2.73. The van der Waals surface area contributed by atoms with E-state index in [0.717, 1.165) is 29.0 Å². The van der Waals surface area contributed by atoms with Crippen LogP contribution in [0.3, 0.4) is 0 Å². The maximum Gasteiger partial charge on any atom is 0.433 e. The number of piperazine rings is 1. The van der Waals surface area contributed by atoms with Crippen LogP contribution in [0, 0.1) is 5.82 Å². The molecule has 1 saturated carbocycles. The summed E-state index contributed by atoms with van der Waals surface area (Å²) in [5.41, 5.74) is 0.479. The lowest BCUT2D eigenvalue weighted by atomic mass is 10.2. The molecule has 0 N–H and O–H groups in total. The Bertz CT molecular complexity index is 1150. The summed E-state index contributed by atoms with van der Waals surface area (Å²) in [6.07, 6.45) is -1.81. The second kappa shape index (κ2) is 7.84. The van der Waals surface area contributed by atoms with E-state index in [1.165, 1.54) is 18.3 Å². The van der Waals surface area contributed by atoms with Crippen molar-refractivity contribution in [3.05, 3.63) is 64.9 Å². The first kappa shape index (κ1) is 20.9. The molecule has 3 aromatic rings. The molecule has 1 aliphatic carbocycles. The van der Waals surface area contributed by atoms with E-state index >= 15 is 0 Å². The van der Waals surface area contributed by atoms with Crippen LogP contribution in [-0.4, -0.2) is 56.5 Å². The number of carbonyl (C=O) groups is 1. The minimum Gasteiger partial charge on any atom is -0.336 e. The number of benzene rings is 1. The Hall–Kier alpha value is -3.01. The van der Waals surface area contributed by atoms with E-state index in [-0.39, 0.29) is 28.9 Å². The average molecular weight is 447 g/mol. The number of halogens is 4. The van der Waals surface area contributed by atoms with Crippen molar-refractivity contribution in [2.75, 3.05) is 26.2 Å². The van der Waals surface area contributed by atoms with Gasteiger partial charge in [0.25, 0.3) is 5.91 Å². The van der Waals surface area contributed by atoms with Gasteiger partial charge in [0.2, 0.25) is 0 Å². The fourth-order valence-corrected chi connectivity index (χ4v) is 4.05. The van der Waals surface area contributed by atoms with Crippen LogP contribution < -0.4 is 0 Å². The third-order valence-corrected chi connectivity index (χ3v) is 5.99. The standard InChI is InChI=1S/C22H21F4N5O/c23-16-5-1-14(2-6-16)13-29-7-9-30(10-8-29)21(32)17-12-27-31-19(22(24,25)26)11-18(15-3-4-15)28-20(17)31/h1-2,5-6,11-12,15H,3-4,7-10,13H2. The van der Waals surface area contributed by atoms with E-state index in [0.29, 0.717) is 38.4 Å². The summed E-state index contributed by atoms with van der Waals surface area (Å²) in [5, 5.41) is 3.85. The largest absolute Gasteiger partial charge is 0.433 e. The van der Waals surface area contributed by atoms with Crippen molar-refractivity contribution in [3.63, 3.8) is 0 Å². The quantitative estimate of drug-likeness (QED) is 0.572. The first-order chi connectivity index (χ1) is 15.3. The first-order valence-electron chi connectivity index (χ1n) is 10.5. The summed E-state index contributed by atoms with van der Waals surface area (Å²) < 4.78 is 54.5. The normalized spacial score (nSPS) is 17.8. The highest BCUT2D eigenvalue weighted by Gasteiger charge is 2.38. The maximum atomic E-state index is 13.6. The van der Waals surface area contributed by atoms with Gasteiger partial charge in [-0.25, -0.2) is 13.9 Å². The van der Waals surface area contributed by atoms with Gasteiger partial charge in [-0.2, -0.15) is 18.3 Å². The molecule has 6 nitrogen and oxygen atoms in total. The van der Waals surface area contributed by atoms with E-state index in [1.807, 2.05) is 0 Å². The minimum atomic E-state index is -4.59. The first-order valence-corrected chi connectivity index (χ1v) is 10.5. The molecule has 10 heteroatoms. The van der Waals surface area contributed by atoms with Crippen LogP contribution in [0.15, 0.2) is 36.5 Å². The second-order valence-corrected chi connectivity index (χ2v) is 8.33. The van der Waals surface area contributed by atoms with E-state index < -0.39 is 11.9 Å². The zero-order chi connectivity index (χ0) is 22.5. The molecule has 2 aromatic heterocycles. The van der Waals surface area contributed by atoms with Crippen molar-refractivity contribution >= 4 is 11.6 Å². The van der Waals surface area contributed by atoms with Gasteiger partial charge in [-0.1, -0.05) is 12.1 Å². The van der Waals surface area contributed by atoms with Crippen molar-refractivity contribution < 1.29 is 22.4 Å². The van der Waals surface area contributed by atoms with Gasteiger partial charge in [0.05, 0.1) is 6.20 Å². The highest BCUT2D eigenvalue weighted by Crippen LogP contribution is 2.41. The molecule has 0 spiro atoms. The number of hydrogen-bond donors (Lipinski definition) is 0. The predicted molar refractivity (Wildman–Crippen MR) is 108 cm³/mol. The lowest BCUT2D eigenvalue weighted by Crippen LogP contribution is -2.48. The highest BCUT2D eigenvalue weighted by molar-refractivity contribution is 5.99. The molecule has 1 amide bonds. The molecule has 0 radical (unpaired) electrons. The van der Waals surface area contributed by atoms with E-state index in [9.17, 15) is 22.4 Å². The van der Waals surface area contributed by atoms with Crippen molar-refractivity contribution in [1.82, 2.24) is 24.4 Å². The predicted octanol–water partition coefficient (Wildman–Crippen LogP) is 3.72. The Morgan fingerprint density at radius 1 is 1.06 bits per heavy atom. The van der Waals surface area contributed by atoms with E-state index in [1.54, 1.807) is 17.0 Å². The number of fused-ring (bicyclic) bond motifs is 1. The number of amides is 1. The lowest BCUT2D eigenvalue weighted by molar-refractivity contribution is -0.142. The Labute approximate surface area is 181 Å². The molecular weight excluding hydrogens is 426 g/mol. The molecular formula is C22H21F4N5O. The molecule has 1 aliphatic heterocycles. The van der Waals surface area contributed by atoms with Crippen LogP contribution in [-0.2, 0) is 12.7 Å². The molecule has 168 valence electrons. The zero-order valence-corrected chi connectivity index (χ0v) is 17.1. The number of aromatic nitrogens is 3. The monoisotopic (exact) mass is 447 g/mol. The number of alkyl halides is 3. The topological polar surface area (TPSA) is 53.7 Å². The van der Waals surface area contributed by atoms with Crippen LogP contribution in [0.1, 0.15) is 46.1 Å². The summed E-state index contributed by atoms with van der Waals surface area (Å²) in [6, 6.07) is 7.33. The molecule has 0 atom stereocenters. The number of nitrogens with zero attached hydrogens (tertiary/aromatic N) is 5. The molecule has 2 fully saturated rings. The van der Waals surface area contributed by atoms with Crippen molar-refractivity contribution in [2.24, 2.45) is 0 Å². The van der Waals surface area contributed by atoms with Crippen molar-refractivity contribution in [2.45, 2.75) is 31.5 Å². The van der Waals surface area contributed by atoms with Gasteiger partial charge < -0.3 is 4.90 Å². The fourth-order valence-electron chi connectivity index (χ4n) is 4.05. The minimum absolute atomic E-state index is 0.00829. The van der Waals surface area contributed by atoms with E-state index in [4.69, 9.17) is 0 Å². The van der Waals surface area contributed by atoms with Crippen LogP contribution >= 0.6 is 0 Å². The molecule has 0 unspecified atom stereocenters. The maximum absolute atomic E-state index is 13.6. The molecule has 2 aliphatic rings. The molecule has 3 heterocycles. The summed E-state index contributed by atoms with van der Waals surface area (Å²) in [7, 11) is 0. The third kappa shape index (κ3) is 4.06. The van der Waals surface area contributed by atoms with Crippen LogP contribution in [0.5, 0.6) is 0 Å². The number of rotatable bonds is 4. The highest BCUT2D eigenvalue weighted by atomic mass is 19.4. The third-order valence-electron chi connectivity index (χ3n) is 5.99. The van der Waals surface area contributed by atoms with E-state index in [2.05, 4.69) is 15.0 Å². The van der Waals surface area contributed by atoms with Gasteiger partial charge in [0.15, 0.2) is 5.65 Å². The Balaban J connectivity index is 1.34. The SMILES string of the molecule is O=C(c1cnn2c(C(F)(F)F)cc(C3CC3)nc12)N1CCN(Cc2ccc(F)cc2)CC1. The summed E-state index contributed by atoms with van der Waals surface area (Å²) in [5.74, 6) is -0.645. The smallest absolute Gasteiger partial charge is 0.336 e. The Kier molecular flexibility index (Phi) is 5.11. The zero-order valence-electron chi connectivity index (χ0n) is 17.1. The van der Waals surface area contributed by atoms with Crippen LogP contribution in [0.4, 0.5) is 17.6 Å². The number of carbonyl (C=O) groups excluding carboxylic acids is 1. The molecule has 0 bridgehead atoms. The van der Waals surface area contributed by atoms with Crippen LogP contribution in [0.25, 0.3) is 5.65 Å². The van der Waals surface area contributed by atoms with Gasteiger partial charge in [-0.05, 0) is 36.6 Å². The lowest BCUT2D eigenvalue weighted by Gasteiger charge is -2.34. The molecule has 5 rings (SSSR count). The van der Waals surface area contributed by atoms with Crippen molar-refractivity contribution in [1.29, 1.82) is 0 Å².